The van der Waals surface area contributed by atoms with Gasteiger partial charge in [-0.2, -0.15) is 0 Å². The van der Waals surface area contributed by atoms with Crippen molar-refractivity contribution >= 4 is 0 Å². The number of pyridine rings is 1. The average molecular weight is 315 g/mol. The van der Waals surface area contributed by atoms with Gasteiger partial charge in [0.05, 0.1) is 11.4 Å². The maximum absolute atomic E-state index is 5.01. The van der Waals surface area contributed by atoms with Gasteiger partial charge in [0.2, 0.25) is 0 Å². The van der Waals surface area contributed by atoms with E-state index in [1.807, 2.05) is 6.07 Å². The maximum Gasteiger partial charge on any atom is 0.0741 e. The molecule has 0 spiro atoms. The molecule has 0 N–H and O–H groups in total. The molecular formula is C23H25N. The summed E-state index contributed by atoms with van der Waals surface area (Å²) in [5.41, 5.74) is 5.92. The van der Waals surface area contributed by atoms with Crippen LogP contribution < -0.4 is 0 Å². The molecule has 0 fully saturated rings. The largest absolute Gasteiger partial charge is 0.248 e. The zero-order valence-corrected chi connectivity index (χ0v) is 14.4. The Morgan fingerprint density at radius 1 is 0.667 bits per heavy atom. The van der Waals surface area contributed by atoms with E-state index >= 15 is 0 Å². The fraction of sp³-hybridized carbons (Fsp3) is 0.261. The van der Waals surface area contributed by atoms with Gasteiger partial charge in [0.1, 0.15) is 0 Å². The van der Waals surface area contributed by atoms with Crippen LogP contribution in [-0.4, -0.2) is 4.98 Å². The fourth-order valence-corrected chi connectivity index (χ4v) is 3.05. The number of nitrogens with zero attached hydrogens (tertiary/aromatic N) is 1. The van der Waals surface area contributed by atoms with E-state index in [1.54, 1.807) is 0 Å². The third-order valence-electron chi connectivity index (χ3n) is 4.40. The monoisotopic (exact) mass is 315 g/mol. The first-order valence-electron chi connectivity index (χ1n) is 8.99. The van der Waals surface area contributed by atoms with Gasteiger partial charge in [-0.05, 0) is 24.5 Å². The summed E-state index contributed by atoms with van der Waals surface area (Å²) in [5.74, 6) is 0. The van der Waals surface area contributed by atoms with E-state index in [4.69, 9.17) is 4.98 Å². The Bertz CT molecular complexity index is 748. The molecule has 122 valence electrons. The third kappa shape index (κ3) is 4.11. The molecule has 0 aliphatic rings. The fourth-order valence-electron chi connectivity index (χ4n) is 3.05. The summed E-state index contributed by atoms with van der Waals surface area (Å²) >= 11 is 0. The van der Waals surface area contributed by atoms with Gasteiger partial charge in [0, 0.05) is 11.1 Å². The standard InChI is InChI=1S/C23H25N/c1-2-3-4-7-16-21-17-18-22(19-12-8-5-9-13-19)24-23(21)20-14-10-6-11-15-20/h5-6,8-15,17-18H,2-4,7,16H2,1H3. The second-order valence-electron chi connectivity index (χ2n) is 6.25. The summed E-state index contributed by atoms with van der Waals surface area (Å²) in [6.07, 6.45) is 6.23. The molecule has 2 aromatic carbocycles. The van der Waals surface area contributed by atoms with Gasteiger partial charge in [0.15, 0.2) is 0 Å². The van der Waals surface area contributed by atoms with E-state index in [2.05, 4.69) is 73.7 Å². The van der Waals surface area contributed by atoms with Crippen LogP contribution >= 0.6 is 0 Å². The summed E-state index contributed by atoms with van der Waals surface area (Å²) in [5, 5.41) is 0. The highest BCUT2D eigenvalue weighted by Gasteiger charge is 2.09. The first kappa shape index (κ1) is 16.4. The van der Waals surface area contributed by atoms with Crippen LogP contribution in [-0.2, 0) is 6.42 Å². The number of hydrogen-bond donors (Lipinski definition) is 0. The summed E-state index contributed by atoms with van der Waals surface area (Å²) in [6, 6.07) is 25.4. The predicted molar refractivity (Wildman–Crippen MR) is 103 cm³/mol. The van der Waals surface area contributed by atoms with Crippen LogP contribution in [0.4, 0.5) is 0 Å². The Morgan fingerprint density at radius 2 is 1.33 bits per heavy atom. The van der Waals surface area contributed by atoms with Gasteiger partial charge in [-0.3, -0.25) is 0 Å². The Hall–Kier alpha value is -2.41. The van der Waals surface area contributed by atoms with E-state index in [1.165, 1.54) is 42.4 Å². The van der Waals surface area contributed by atoms with Gasteiger partial charge in [-0.1, -0.05) is 92.9 Å². The molecule has 1 heterocycles. The molecule has 0 radical (unpaired) electrons. The summed E-state index contributed by atoms with van der Waals surface area (Å²) < 4.78 is 0. The topological polar surface area (TPSA) is 12.9 Å². The van der Waals surface area contributed by atoms with Crippen molar-refractivity contribution in [2.24, 2.45) is 0 Å². The molecule has 0 amide bonds. The summed E-state index contributed by atoms with van der Waals surface area (Å²) in [4.78, 5) is 5.01. The van der Waals surface area contributed by atoms with Crippen LogP contribution in [0.15, 0.2) is 72.8 Å². The Morgan fingerprint density at radius 3 is 2.00 bits per heavy atom. The van der Waals surface area contributed by atoms with Crippen molar-refractivity contribution in [3.63, 3.8) is 0 Å². The van der Waals surface area contributed by atoms with Gasteiger partial charge < -0.3 is 0 Å². The highest BCUT2D eigenvalue weighted by Crippen LogP contribution is 2.27. The first-order valence-corrected chi connectivity index (χ1v) is 8.99. The number of rotatable bonds is 7. The van der Waals surface area contributed by atoms with E-state index in [-0.39, 0.29) is 0 Å². The lowest BCUT2D eigenvalue weighted by molar-refractivity contribution is 0.666. The predicted octanol–water partition coefficient (Wildman–Crippen LogP) is 6.54. The number of unbranched alkanes of at least 4 members (excludes halogenated alkanes) is 3. The van der Waals surface area contributed by atoms with Gasteiger partial charge in [0.25, 0.3) is 0 Å². The lowest BCUT2D eigenvalue weighted by Crippen LogP contribution is -1.96. The van der Waals surface area contributed by atoms with Crippen LogP contribution in [0, 0.1) is 0 Å². The normalized spacial score (nSPS) is 10.7. The number of aromatic nitrogens is 1. The maximum atomic E-state index is 5.01. The van der Waals surface area contributed by atoms with Crippen molar-refractivity contribution in [3.05, 3.63) is 78.4 Å². The van der Waals surface area contributed by atoms with Gasteiger partial charge in [-0.15, -0.1) is 0 Å². The number of hydrogen-bond acceptors (Lipinski definition) is 1. The molecule has 0 aliphatic heterocycles. The highest BCUT2D eigenvalue weighted by atomic mass is 14.7. The average Bonchev–Trinajstić information content (AvgIpc) is 2.67. The number of aryl methyl sites for hydroxylation is 1. The van der Waals surface area contributed by atoms with Crippen LogP contribution in [0.5, 0.6) is 0 Å². The Balaban J connectivity index is 1.94. The lowest BCUT2D eigenvalue weighted by Gasteiger charge is -2.12. The molecule has 1 nitrogen and oxygen atoms in total. The van der Waals surface area contributed by atoms with Gasteiger partial charge >= 0.3 is 0 Å². The van der Waals surface area contributed by atoms with E-state index < -0.39 is 0 Å². The van der Waals surface area contributed by atoms with Crippen LogP contribution in [0.2, 0.25) is 0 Å². The zero-order chi connectivity index (χ0) is 16.6. The molecule has 1 aromatic heterocycles. The molecular weight excluding hydrogens is 290 g/mol. The Kier molecular flexibility index (Phi) is 5.79. The zero-order valence-electron chi connectivity index (χ0n) is 14.4. The van der Waals surface area contributed by atoms with Crippen LogP contribution in [0.1, 0.15) is 38.2 Å². The quantitative estimate of drug-likeness (QED) is 0.451. The van der Waals surface area contributed by atoms with E-state index in [0.29, 0.717) is 0 Å². The van der Waals surface area contributed by atoms with Crippen molar-refractivity contribution in [2.45, 2.75) is 39.0 Å². The molecule has 3 aromatic rings. The second-order valence-corrected chi connectivity index (χ2v) is 6.25. The number of benzene rings is 2. The van der Waals surface area contributed by atoms with Crippen LogP contribution in [0.25, 0.3) is 22.5 Å². The van der Waals surface area contributed by atoms with E-state index in [9.17, 15) is 0 Å². The first-order chi connectivity index (χ1) is 11.9. The molecule has 0 unspecified atom stereocenters. The molecule has 0 saturated carbocycles. The molecule has 3 rings (SSSR count). The minimum Gasteiger partial charge on any atom is -0.248 e. The van der Waals surface area contributed by atoms with Crippen molar-refractivity contribution in [1.29, 1.82) is 0 Å². The van der Waals surface area contributed by atoms with Crippen molar-refractivity contribution in [2.75, 3.05) is 0 Å². The van der Waals surface area contributed by atoms with E-state index in [0.717, 1.165) is 17.8 Å². The van der Waals surface area contributed by atoms with Crippen molar-refractivity contribution < 1.29 is 0 Å². The molecule has 0 aliphatic carbocycles. The SMILES string of the molecule is CCCCCCc1ccc(-c2ccccc2)nc1-c1ccccc1. The van der Waals surface area contributed by atoms with Gasteiger partial charge in [-0.25, -0.2) is 4.98 Å². The van der Waals surface area contributed by atoms with Crippen molar-refractivity contribution in [3.8, 4) is 22.5 Å². The smallest absolute Gasteiger partial charge is 0.0741 e. The molecule has 1 heteroatoms. The molecule has 24 heavy (non-hydrogen) atoms. The highest BCUT2D eigenvalue weighted by molar-refractivity contribution is 5.68. The third-order valence-corrected chi connectivity index (χ3v) is 4.40. The minimum absolute atomic E-state index is 1.05. The summed E-state index contributed by atoms with van der Waals surface area (Å²) in [7, 11) is 0. The lowest BCUT2D eigenvalue weighted by atomic mass is 9.99. The second kappa shape index (κ2) is 8.44. The Labute approximate surface area is 145 Å². The van der Waals surface area contributed by atoms with Crippen LogP contribution in [0.3, 0.4) is 0 Å². The minimum atomic E-state index is 1.05. The molecule has 0 saturated heterocycles. The molecule has 0 bridgehead atoms. The summed E-state index contributed by atoms with van der Waals surface area (Å²) in [6.45, 7) is 2.26. The molecule has 0 atom stereocenters. The van der Waals surface area contributed by atoms with Crippen molar-refractivity contribution in [1.82, 2.24) is 4.98 Å².